The zero-order valence-corrected chi connectivity index (χ0v) is 12.5. The molecule has 2 N–H and O–H groups in total. The lowest BCUT2D eigenvalue weighted by atomic mass is 9.70. The van der Waals surface area contributed by atoms with Gasteiger partial charge in [-0.1, -0.05) is 53.4 Å². The maximum absolute atomic E-state index is 2.43. The van der Waals surface area contributed by atoms with Crippen molar-refractivity contribution in [1.82, 2.24) is 0 Å². The highest BCUT2D eigenvalue weighted by Gasteiger charge is 2.28. The molecule has 0 saturated heterocycles. The van der Waals surface area contributed by atoms with E-state index in [2.05, 4.69) is 13.8 Å². The minimum Gasteiger partial charge on any atom is -0.412 e. The van der Waals surface area contributed by atoms with E-state index in [4.69, 9.17) is 0 Å². The summed E-state index contributed by atoms with van der Waals surface area (Å²) in [5.74, 6) is 4.26. The second-order valence-electron chi connectivity index (χ2n) is 6.04. The van der Waals surface area contributed by atoms with Crippen LogP contribution in [0.25, 0.3) is 0 Å². The maximum Gasteiger partial charge on any atom is -0.0386 e. The van der Waals surface area contributed by atoms with Gasteiger partial charge < -0.3 is 5.48 Å². The van der Waals surface area contributed by atoms with Crippen molar-refractivity contribution in [3.8, 4) is 0 Å². The van der Waals surface area contributed by atoms with E-state index in [1.807, 2.05) is 13.8 Å². The Bertz CT molecular complexity index is 142. The van der Waals surface area contributed by atoms with Crippen LogP contribution in [0.4, 0.5) is 0 Å². The molecule has 0 heterocycles. The van der Waals surface area contributed by atoms with Gasteiger partial charge in [0.15, 0.2) is 0 Å². The van der Waals surface area contributed by atoms with Crippen LogP contribution in [0.5, 0.6) is 0 Å². The maximum atomic E-state index is 2.43. The average Bonchev–Trinajstić information content (AvgIpc) is 2.34. The van der Waals surface area contributed by atoms with E-state index >= 15 is 0 Å². The van der Waals surface area contributed by atoms with E-state index in [-0.39, 0.29) is 5.48 Å². The molecule has 0 atom stereocenters. The molecular weight excluding hydrogens is 208 g/mol. The lowest BCUT2D eigenvalue weighted by Gasteiger charge is -2.36. The molecule has 104 valence electrons. The highest BCUT2D eigenvalue weighted by atomic mass is 16.0. The molecule has 0 aromatic rings. The van der Waals surface area contributed by atoms with Crippen LogP contribution >= 0.6 is 0 Å². The zero-order valence-electron chi connectivity index (χ0n) is 12.5. The molecule has 1 heteroatoms. The Hall–Kier alpha value is -0.0400. The summed E-state index contributed by atoms with van der Waals surface area (Å²) < 4.78 is 0. The molecule has 0 aliphatic heterocycles. The Labute approximate surface area is 109 Å². The predicted molar refractivity (Wildman–Crippen MR) is 77.2 cm³/mol. The van der Waals surface area contributed by atoms with Crippen molar-refractivity contribution < 1.29 is 5.48 Å². The molecule has 0 aromatic carbocycles. The van der Waals surface area contributed by atoms with Crippen molar-refractivity contribution >= 4 is 0 Å². The third kappa shape index (κ3) is 5.42. The van der Waals surface area contributed by atoms with E-state index in [0.717, 1.165) is 23.7 Å². The summed E-state index contributed by atoms with van der Waals surface area (Å²) in [6, 6.07) is 0. The summed E-state index contributed by atoms with van der Waals surface area (Å²) in [7, 11) is 0. The minimum absolute atomic E-state index is 0. The van der Waals surface area contributed by atoms with Gasteiger partial charge in [-0.05, 0) is 49.4 Å². The summed E-state index contributed by atoms with van der Waals surface area (Å²) in [5.41, 5.74) is 0. The van der Waals surface area contributed by atoms with E-state index < -0.39 is 0 Å². The summed E-state index contributed by atoms with van der Waals surface area (Å²) in [4.78, 5) is 0. The van der Waals surface area contributed by atoms with Crippen LogP contribution in [-0.4, -0.2) is 5.48 Å². The van der Waals surface area contributed by atoms with Crippen LogP contribution < -0.4 is 0 Å². The van der Waals surface area contributed by atoms with Crippen LogP contribution in [0.1, 0.15) is 79.1 Å². The lowest BCUT2D eigenvalue weighted by Crippen LogP contribution is -2.24. The lowest BCUT2D eigenvalue weighted by molar-refractivity contribution is 0.155. The molecule has 2 aliphatic carbocycles. The van der Waals surface area contributed by atoms with Crippen LogP contribution in [0.3, 0.4) is 0 Å². The van der Waals surface area contributed by atoms with Crippen LogP contribution in [0.2, 0.25) is 0 Å². The normalized spacial score (nSPS) is 37.4. The monoisotopic (exact) mass is 242 g/mol. The Kier molecular flexibility index (Phi) is 8.94. The first-order valence-electron chi connectivity index (χ1n) is 7.75. The Morgan fingerprint density at radius 3 is 1.00 bits per heavy atom. The molecule has 0 amide bonds. The molecule has 2 saturated carbocycles. The van der Waals surface area contributed by atoms with E-state index in [1.165, 1.54) is 25.7 Å². The predicted octanol–water partition coefficient (Wildman–Crippen LogP) is 4.84. The third-order valence-corrected chi connectivity index (χ3v) is 4.79. The topological polar surface area (TPSA) is 31.5 Å². The van der Waals surface area contributed by atoms with Crippen LogP contribution in [0.15, 0.2) is 0 Å². The smallest absolute Gasteiger partial charge is 0.0386 e. The zero-order chi connectivity index (χ0) is 12.0. The number of hydrogen-bond acceptors (Lipinski definition) is 0. The molecular formula is C16H34O. The Balaban J connectivity index is 0.000000811. The molecule has 17 heavy (non-hydrogen) atoms. The van der Waals surface area contributed by atoms with Gasteiger partial charge in [-0.25, -0.2) is 0 Å². The molecule has 1 nitrogen and oxygen atoms in total. The van der Waals surface area contributed by atoms with Gasteiger partial charge in [0.05, 0.1) is 0 Å². The first-order valence-corrected chi connectivity index (χ1v) is 7.75. The van der Waals surface area contributed by atoms with Gasteiger partial charge in [-0.3, -0.25) is 0 Å². The standard InChI is InChI=1S/C14H26.C2H6.H2O/c1-11-3-7-13(8-4-11)14-9-5-12(2)6-10-14;1-2;/h11-14H,3-10H2,1-2H3;1-2H3;1H2. The van der Waals surface area contributed by atoms with Gasteiger partial charge in [0.1, 0.15) is 0 Å². The van der Waals surface area contributed by atoms with Gasteiger partial charge in [-0.15, -0.1) is 0 Å². The first-order chi connectivity index (χ1) is 7.75. The minimum atomic E-state index is 0. The van der Waals surface area contributed by atoms with Crippen molar-refractivity contribution in [1.29, 1.82) is 0 Å². The molecule has 0 bridgehead atoms. The molecule has 2 fully saturated rings. The van der Waals surface area contributed by atoms with Gasteiger partial charge in [-0.2, -0.15) is 0 Å². The molecule has 2 aliphatic rings. The summed E-state index contributed by atoms with van der Waals surface area (Å²) in [6.07, 6.45) is 12.2. The molecule has 0 unspecified atom stereocenters. The quantitative estimate of drug-likeness (QED) is 0.630. The third-order valence-electron chi connectivity index (χ3n) is 4.79. The second-order valence-corrected chi connectivity index (χ2v) is 6.04. The number of rotatable bonds is 1. The summed E-state index contributed by atoms with van der Waals surface area (Å²) in [5, 5.41) is 0. The SMILES string of the molecule is CC.CC1CCC(C2CCC(C)CC2)CC1.O. The molecule has 0 aromatic heterocycles. The van der Waals surface area contributed by atoms with E-state index in [1.54, 1.807) is 25.7 Å². The molecule has 0 spiro atoms. The first kappa shape index (κ1) is 17.0. The average molecular weight is 242 g/mol. The Morgan fingerprint density at radius 2 is 0.765 bits per heavy atom. The van der Waals surface area contributed by atoms with Crippen molar-refractivity contribution in [3.05, 3.63) is 0 Å². The van der Waals surface area contributed by atoms with Crippen LogP contribution in [0, 0.1) is 23.7 Å². The van der Waals surface area contributed by atoms with Gasteiger partial charge in [0.25, 0.3) is 0 Å². The van der Waals surface area contributed by atoms with Crippen molar-refractivity contribution in [3.63, 3.8) is 0 Å². The second kappa shape index (κ2) is 8.97. The van der Waals surface area contributed by atoms with Gasteiger partial charge >= 0.3 is 0 Å². The largest absolute Gasteiger partial charge is 0.412 e. The fraction of sp³-hybridized carbons (Fsp3) is 1.00. The van der Waals surface area contributed by atoms with Crippen molar-refractivity contribution in [2.45, 2.75) is 79.1 Å². The Morgan fingerprint density at radius 1 is 0.529 bits per heavy atom. The molecule has 2 rings (SSSR count). The number of hydrogen-bond donors (Lipinski definition) is 0. The molecule has 0 radical (unpaired) electrons. The van der Waals surface area contributed by atoms with E-state index in [0.29, 0.717) is 0 Å². The fourth-order valence-corrected chi connectivity index (χ4v) is 3.51. The van der Waals surface area contributed by atoms with Crippen molar-refractivity contribution in [2.24, 2.45) is 23.7 Å². The van der Waals surface area contributed by atoms with Crippen molar-refractivity contribution in [2.75, 3.05) is 0 Å². The summed E-state index contributed by atoms with van der Waals surface area (Å²) in [6.45, 7) is 8.86. The van der Waals surface area contributed by atoms with Gasteiger partial charge in [0.2, 0.25) is 0 Å². The van der Waals surface area contributed by atoms with Crippen LogP contribution in [-0.2, 0) is 0 Å². The highest BCUT2D eigenvalue weighted by molar-refractivity contribution is 4.80. The highest BCUT2D eigenvalue weighted by Crippen LogP contribution is 2.40. The van der Waals surface area contributed by atoms with E-state index in [9.17, 15) is 0 Å². The van der Waals surface area contributed by atoms with Gasteiger partial charge in [0, 0.05) is 0 Å². The summed E-state index contributed by atoms with van der Waals surface area (Å²) >= 11 is 0. The fourth-order valence-electron chi connectivity index (χ4n) is 3.51.